The Morgan fingerprint density at radius 3 is 1.90 bits per heavy atom. The van der Waals surface area contributed by atoms with E-state index in [1.54, 1.807) is 0 Å². The molecule has 1 saturated heterocycles. The zero-order chi connectivity index (χ0) is 27.5. The summed E-state index contributed by atoms with van der Waals surface area (Å²) in [4.78, 5) is 42.8. The summed E-state index contributed by atoms with van der Waals surface area (Å²) in [5.41, 5.74) is 2.92. The van der Waals surface area contributed by atoms with Gasteiger partial charge in [-0.2, -0.15) is 0 Å². The fourth-order valence-electron chi connectivity index (χ4n) is 4.86. The van der Waals surface area contributed by atoms with E-state index in [4.69, 9.17) is 9.47 Å². The predicted molar refractivity (Wildman–Crippen MR) is 149 cm³/mol. The van der Waals surface area contributed by atoms with Gasteiger partial charge in [-0.15, -0.1) is 0 Å². The van der Waals surface area contributed by atoms with Crippen LogP contribution in [0, 0.1) is 0 Å². The molecule has 0 radical (unpaired) electrons. The molecule has 0 bridgehead atoms. The maximum atomic E-state index is 13.8. The minimum Gasteiger partial charge on any atom is -0.459 e. The average molecular weight is 529 g/mol. The Balaban J connectivity index is 1.41. The maximum Gasteiger partial charge on any atom is 0.411 e. The largest absolute Gasteiger partial charge is 0.459 e. The van der Waals surface area contributed by atoms with Crippen LogP contribution in [-0.4, -0.2) is 52.9 Å². The van der Waals surface area contributed by atoms with Gasteiger partial charge >= 0.3 is 12.1 Å². The Kier molecular flexibility index (Phi) is 10.1. The lowest BCUT2D eigenvalue weighted by molar-refractivity contribution is -0.151. The molecule has 0 N–H and O–H groups in total. The molecule has 2 atom stereocenters. The van der Waals surface area contributed by atoms with Gasteiger partial charge < -0.3 is 14.4 Å². The van der Waals surface area contributed by atoms with Crippen molar-refractivity contribution in [2.75, 3.05) is 13.1 Å². The zero-order valence-electron chi connectivity index (χ0n) is 22.4. The van der Waals surface area contributed by atoms with E-state index in [2.05, 4.69) is 0 Å². The molecule has 3 aromatic carbocycles. The Labute approximate surface area is 230 Å². The van der Waals surface area contributed by atoms with Gasteiger partial charge in [0.1, 0.15) is 25.8 Å². The van der Waals surface area contributed by atoms with Crippen molar-refractivity contribution >= 4 is 18.0 Å². The third kappa shape index (κ3) is 8.18. The van der Waals surface area contributed by atoms with E-state index < -0.39 is 18.1 Å². The second-order valence-corrected chi connectivity index (χ2v) is 9.88. The Morgan fingerprint density at radius 2 is 1.31 bits per heavy atom. The fourth-order valence-corrected chi connectivity index (χ4v) is 4.86. The smallest absolute Gasteiger partial charge is 0.411 e. The summed E-state index contributed by atoms with van der Waals surface area (Å²) < 4.78 is 11.1. The van der Waals surface area contributed by atoms with E-state index in [-0.39, 0.29) is 31.7 Å². The van der Waals surface area contributed by atoms with Crippen molar-refractivity contribution in [3.63, 3.8) is 0 Å². The second kappa shape index (κ2) is 14.1. The van der Waals surface area contributed by atoms with Gasteiger partial charge in [0.05, 0.1) is 0 Å². The summed E-state index contributed by atoms with van der Waals surface area (Å²) in [5.74, 6) is -0.725. The molecule has 0 aliphatic carbocycles. The van der Waals surface area contributed by atoms with E-state index in [9.17, 15) is 14.4 Å². The first-order valence-electron chi connectivity index (χ1n) is 13.5. The van der Waals surface area contributed by atoms with Gasteiger partial charge in [0, 0.05) is 12.6 Å². The molecule has 1 aliphatic heterocycles. The fraction of sp³-hybridized carbons (Fsp3) is 0.344. The number of hydrogen-bond donors (Lipinski definition) is 0. The van der Waals surface area contributed by atoms with Crippen molar-refractivity contribution in [2.24, 2.45) is 0 Å². The number of ether oxygens (including phenoxy) is 2. The number of hydrogen-bond acceptors (Lipinski definition) is 5. The minimum atomic E-state index is -0.679. The zero-order valence-corrected chi connectivity index (χ0v) is 22.4. The first-order chi connectivity index (χ1) is 19.0. The highest BCUT2D eigenvalue weighted by Gasteiger charge is 2.42. The van der Waals surface area contributed by atoms with Gasteiger partial charge in [0.2, 0.25) is 5.91 Å². The highest BCUT2D eigenvalue weighted by molar-refractivity contribution is 5.89. The molecule has 204 valence electrons. The summed E-state index contributed by atoms with van der Waals surface area (Å²) in [5, 5.41) is 0. The molecule has 4 rings (SSSR count). The van der Waals surface area contributed by atoms with Crippen molar-refractivity contribution in [1.82, 2.24) is 9.80 Å². The molecule has 0 spiro atoms. The van der Waals surface area contributed by atoms with Crippen LogP contribution < -0.4 is 0 Å². The van der Waals surface area contributed by atoms with E-state index in [0.29, 0.717) is 25.8 Å². The Bertz CT molecular complexity index is 1200. The first kappa shape index (κ1) is 27.9. The molecule has 3 aromatic rings. The molecule has 0 aromatic heterocycles. The standard InChI is InChI=1S/C32H36N2O5/c1-25-19-20-29(34(25)32(37)39-24-28-16-9-4-10-17-28)31(36)33(21-11-18-26-12-5-2-6-13-26)22-30(35)38-23-27-14-7-3-8-15-27/h2-10,12-17,25,29H,11,18-24H2,1H3/t25-,29+/m1/s1. The SMILES string of the molecule is C[C@@H]1CC[C@@H](C(=O)N(CCCc2ccccc2)CC(=O)OCc2ccccc2)N1C(=O)OCc1ccccc1. The van der Waals surface area contributed by atoms with Gasteiger partial charge in [-0.1, -0.05) is 91.0 Å². The quantitative estimate of drug-likeness (QED) is 0.312. The molecular weight excluding hydrogens is 492 g/mol. The van der Waals surface area contributed by atoms with Crippen LogP contribution in [0.3, 0.4) is 0 Å². The number of aryl methyl sites for hydroxylation is 1. The van der Waals surface area contributed by atoms with Crippen LogP contribution in [0.5, 0.6) is 0 Å². The van der Waals surface area contributed by atoms with Crippen LogP contribution in [0.25, 0.3) is 0 Å². The lowest BCUT2D eigenvalue weighted by Crippen LogP contribution is -2.51. The molecule has 1 heterocycles. The van der Waals surface area contributed by atoms with Crippen molar-refractivity contribution in [1.29, 1.82) is 0 Å². The van der Waals surface area contributed by atoms with E-state index in [1.165, 1.54) is 9.80 Å². The number of esters is 1. The summed E-state index contributed by atoms with van der Waals surface area (Å²) in [6, 6.07) is 28.1. The second-order valence-electron chi connectivity index (χ2n) is 9.88. The number of likely N-dealkylation sites (tertiary alicyclic amines) is 1. The lowest BCUT2D eigenvalue weighted by atomic mass is 10.1. The first-order valence-corrected chi connectivity index (χ1v) is 13.5. The van der Waals surface area contributed by atoms with E-state index in [1.807, 2.05) is 97.9 Å². The van der Waals surface area contributed by atoms with Gasteiger partial charge in [-0.05, 0) is 49.3 Å². The topological polar surface area (TPSA) is 76.2 Å². The molecule has 39 heavy (non-hydrogen) atoms. The molecule has 0 unspecified atom stereocenters. The summed E-state index contributed by atoms with van der Waals surface area (Å²) in [6.45, 7) is 2.41. The number of carbonyl (C=O) groups is 3. The molecular formula is C32H36N2O5. The van der Waals surface area contributed by atoms with Crippen LogP contribution in [0.2, 0.25) is 0 Å². The van der Waals surface area contributed by atoms with Crippen molar-refractivity contribution in [2.45, 2.75) is 57.9 Å². The van der Waals surface area contributed by atoms with Crippen molar-refractivity contribution in [3.8, 4) is 0 Å². The van der Waals surface area contributed by atoms with Gasteiger partial charge in [-0.25, -0.2) is 4.79 Å². The Hall–Kier alpha value is -4.13. The normalized spacial score (nSPS) is 16.5. The van der Waals surface area contributed by atoms with Crippen LogP contribution in [0.4, 0.5) is 4.79 Å². The summed E-state index contributed by atoms with van der Waals surface area (Å²) in [6.07, 6.45) is 2.15. The molecule has 1 fully saturated rings. The maximum absolute atomic E-state index is 13.8. The third-order valence-corrected chi connectivity index (χ3v) is 6.98. The average Bonchev–Trinajstić information content (AvgIpc) is 3.37. The van der Waals surface area contributed by atoms with E-state index >= 15 is 0 Å². The van der Waals surface area contributed by atoms with Gasteiger partial charge in [0.15, 0.2) is 0 Å². The highest BCUT2D eigenvalue weighted by Crippen LogP contribution is 2.27. The number of benzene rings is 3. The van der Waals surface area contributed by atoms with Crippen molar-refractivity contribution < 1.29 is 23.9 Å². The van der Waals surface area contributed by atoms with Crippen LogP contribution in [-0.2, 0) is 38.7 Å². The van der Waals surface area contributed by atoms with Gasteiger partial charge in [-0.3, -0.25) is 14.5 Å². The van der Waals surface area contributed by atoms with E-state index in [0.717, 1.165) is 23.1 Å². The number of carbonyl (C=O) groups excluding carboxylic acids is 3. The molecule has 7 nitrogen and oxygen atoms in total. The molecule has 7 heteroatoms. The Morgan fingerprint density at radius 1 is 0.769 bits per heavy atom. The third-order valence-electron chi connectivity index (χ3n) is 6.98. The molecule has 1 aliphatic rings. The minimum absolute atomic E-state index is 0.135. The van der Waals surface area contributed by atoms with Crippen molar-refractivity contribution in [3.05, 3.63) is 108 Å². The van der Waals surface area contributed by atoms with Crippen LogP contribution in [0.15, 0.2) is 91.0 Å². The summed E-state index contributed by atoms with van der Waals surface area (Å²) in [7, 11) is 0. The number of nitrogens with zero attached hydrogens (tertiary/aromatic N) is 2. The predicted octanol–water partition coefficient (Wildman–Crippen LogP) is 5.38. The summed E-state index contributed by atoms with van der Waals surface area (Å²) >= 11 is 0. The number of rotatable bonds is 11. The monoisotopic (exact) mass is 528 g/mol. The number of amides is 2. The van der Waals surface area contributed by atoms with Crippen LogP contribution >= 0.6 is 0 Å². The van der Waals surface area contributed by atoms with Crippen LogP contribution in [0.1, 0.15) is 42.9 Å². The molecule has 2 amide bonds. The molecule has 0 saturated carbocycles. The highest BCUT2D eigenvalue weighted by atomic mass is 16.6. The lowest BCUT2D eigenvalue weighted by Gasteiger charge is -2.31. The van der Waals surface area contributed by atoms with Gasteiger partial charge in [0.25, 0.3) is 0 Å².